The van der Waals surface area contributed by atoms with E-state index in [1.54, 1.807) is 24.6 Å². The lowest BCUT2D eigenvalue weighted by Crippen LogP contribution is -2.46. The second-order valence-electron chi connectivity index (χ2n) is 4.44. The van der Waals surface area contributed by atoms with Crippen LogP contribution in [-0.2, 0) is 17.9 Å². The normalized spacial score (nSPS) is 10.0. The smallest absolute Gasteiger partial charge is 0.333 e. The SMILES string of the molecule is COCc1ccccc1CNC(=O)NNC(=O)c1cccs1. The van der Waals surface area contributed by atoms with Gasteiger partial charge in [0.15, 0.2) is 0 Å². The molecule has 7 heteroatoms. The number of ether oxygens (including phenoxy) is 1. The number of nitrogens with one attached hydrogen (secondary N) is 3. The number of hydrogen-bond acceptors (Lipinski definition) is 4. The van der Waals surface area contributed by atoms with Crippen LogP contribution in [0.5, 0.6) is 0 Å². The van der Waals surface area contributed by atoms with Gasteiger partial charge in [-0.25, -0.2) is 10.2 Å². The summed E-state index contributed by atoms with van der Waals surface area (Å²) in [6, 6.07) is 10.6. The first-order valence-electron chi connectivity index (χ1n) is 6.64. The molecule has 3 amide bonds. The zero-order valence-corrected chi connectivity index (χ0v) is 12.9. The van der Waals surface area contributed by atoms with Crippen LogP contribution >= 0.6 is 11.3 Å². The molecule has 0 bridgehead atoms. The maximum Gasteiger partial charge on any atom is 0.333 e. The van der Waals surface area contributed by atoms with Crippen molar-refractivity contribution in [2.75, 3.05) is 7.11 Å². The van der Waals surface area contributed by atoms with Gasteiger partial charge in [0.1, 0.15) is 0 Å². The van der Waals surface area contributed by atoms with E-state index in [9.17, 15) is 9.59 Å². The molecule has 0 saturated heterocycles. The summed E-state index contributed by atoms with van der Waals surface area (Å²) in [7, 11) is 1.62. The van der Waals surface area contributed by atoms with Gasteiger partial charge >= 0.3 is 6.03 Å². The van der Waals surface area contributed by atoms with E-state index >= 15 is 0 Å². The predicted octanol–water partition coefficient (Wildman–Crippen LogP) is 2.04. The molecule has 0 radical (unpaired) electrons. The Labute approximate surface area is 132 Å². The highest BCUT2D eigenvalue weighted by Gasteiger charge is 2.08. The van der Waals surface area contributed by atoms with Crippen molar-refractivity contribution in [1.82, 2.24) is 16.2 Å². The molecule has 0 fully saturated rings. The fraction of sp³-hybridized carbons (Fsp3) is 0.200. The van der Waals surface area contributed by atoms with Crippen molar-refractivity contribution in [3.05, 3.63) is 57.8 Å². The molecule has 0 aliphatic rings. The van der Waals surface area contributed by atoms with Crippen LogP contribution in [0.3, 0.4) is 0 Å². The van der Waals surface area contributed by atoms with Crippen LogP contribution in [0.2, 0.25) is 0 Å². The molecule has 0 aliphatic heterocycles. The third-order valence-corrected chi connectivity index (χ3v) is 3.76. The highest BCUT2D eigenvalue weighted by Crippen LogP contribution is 2.09. The van der Waals surface area contributed by atoms with E-state index in [4.69, 9.17) is 4.74 Å². The summed E-state index contributed by atoms with van der Waals surface area (Å²) < 4.78 is 5.11. The van der Waals surface area contributed by atoms with Crippen LogP contribution in [0.1, 0.15) is 20.8 Å². The molecular formula is C15H17N3O3S. The van der Waals surface area contributed by atoms with E-state index in [0.717, 1.165) is 11.1 Å². The van der Waals surface area contributed by atoms with Crippen molar-refractivity contribution in [2.24, 2.45) is 0 Å². The number of hydrazine groups is 1. The Morgan fingerprint density at radius 1 is 1.09 bits per heavy atom. The van der Waals surface area contributed by atoms with E-state index in [-0.39, 0.29) is 5.91 Å². The number of rotatable bonds is 5. The molecule has 22 heavy (non-hydrogen) atoms. The van der Waals surface area contributed by atoms with E-state index in [0.29, 0.717) is 18.0 Å². The maximum absolute atomic E-state index is 11.7. The topological polar surface area (TPSA) is 79.5 Å². The van der Waals surface area contributed by atoms with Gasteiger partial charge in [0, 0.05) is 13.7 Å². The van der Waals surface area contributed by atoms with Gasteiger partial charge in [-0.05, 0) is 22.6 Å². The summed E-state index contributed by atoms with van der Waals surface area (Å²) in [5.74, 6) is -0.343. The first-order valence-corrected chi connectivity index (χ1v) is 7.52. The molecule has 0 spiro atoms. The van der Waals surface area contributed by atoms with Gasteiger partial charge in [-0.15, -0.1) is 11.3 Å². The molecule has 2 rings (SSSR count). The quantitative estimate of drug-likeness (QED) is 0.738. The Morgan fingerprint density at radius 2 is 1.86 bits per heavy atom. The molecular weight excluding hydrogens is 302 g/mol. The Morgan fingerprint density at radius 3 is 2.55 bits per heavy atom. The fourth-order valence-corrected chi connectivity index (χ4v) is 2.45. The van der Waals surface area contributed by atoms with Crippen molar-refractivity contribution >= 4 is 23.3 Å². The van der Waals surface area contributed by atoms with Crippen molar-refractivity contribution in [1.29, 1.82) is 0 Å². The molecule has 0 unspecified atom stereocenters. The van der Waals surface area contributed by atoms with Crippen LogP contribution in [0.4, 0.5) is 4.79 Å². The molecule has 6 nitrogen and oxygen atoms in total. The number of hydrogen-bond donors (Lipinski definition) is 3. The molecule has 1 heterocycles. The van der Waals surface area contributed by atoms with Crippen molar-refractivity contribution in [3.63, 3.8) is 0 Å². The van der Waals surface area contributed by atoms with Crippen LogP contribution < -0.4 is 16.2 Å². The highest BCUT2D eigenvalue weighted by molar-refractivity contribution is 7.12. The Kier molecular flexibility index (Phi) is 5.93. The lowest BCUT2D eigenvalue weighted by molar-refractivity contribution is 0.0940. The van der Waals surface area contributed by atoms with Gasteiger partial charge in [0.2, 0.25) is 0 Å². The second kappa shape index (κ2) is 8.16. The summed E-state index contributed by atoms with van der Waals surface area (Å²) in [5.41, 5.74) is 6.63. The summed E-state index contributed by atoms with van der Waals surface area (Å²) in [6.45, 7) is 0.828. The second-order valence-corrected chi connectivity index (χ2v) is 5.39. The van der Waals surface area contributed by atoms with Gasteiger partial charge in [-0.3, -0.25) is 10.2 Å². The van der Waals surface area contributed by atoms with Crippen LogP contribution in [0.15, 0.2) is 41.8 Å². The summed E-state index contributed by atoms with van der Waals surface area (Å²) in [4.78, 5) is 23.9. The number of carbonyl (C=O) groups is 2. The largest absolute Gasteiger partial charge is 0.380 e. The Bertz CT molecular complexity index is 629. The Balaban J connectivity index is 1.79. The zero-order chi connectivity index (χ0) is 15.8. The molecule has 1 aromatic heterocycles. The van der Waals surface area contributed by atoms with E-state index in [1.807, 2.05) is 24.3 Å². The molecule has 2 aromatic rings. The van der Waals surface area contributed by atoms with Gasteiger partial charge in [-0.2, -0.15) is 0 Å². The van der Waals surface area contributed by atoms with Gasteiger partial charge in [0.25, 0.3) is 5.91 Å². The molecule has 3 N–H and O–H groups in total. The number of carbonyl (C=O) groups excluding carboxylic acids is 2. The summed E-state index contributed by atoms with van der Waals surface area (Å²) in [5, 5.41) is 4.47. The first-order chi connectivity index (χ1) is 10.7. The Hall–Kier alpha value is -2.38. The highest BCUT2D eigenvalue weighted by atomic mass is 32.1. The van der Waals surface area contributed by atoms with Crippen LogP contribution in [-0.4, -0.2) is 19.0 Å². The number of methoxy groups -OCH3 is 1. The third-order valence-electron chi connectivity index (χ3n) is 2.89. The molecule has 0 atom stereocenters. The molecule has 116 valence electrons. The number of benzene rings is 1. The van der Waals surface area contributed by atoms with E-state index in [2.05, 4.69) is 16.2 Å². The minimum atomic E-state index is -0.475. The van der Waals surface area contributed by atoms with Gasteiger partial charge < -0.3 is 10.1 Å². The minimum Gasteiger partial charge on any atom is -0.380 e. The lowest BCUT2D eigenvalue weighted by Gasteiger charge is -2.11. The average molecular weight is 319 g/mol. The monoisotopic (exact) mass is 319 g/mol. The van der Waals surface area contributed by atoms with Crippen molar-refractivity contribution in [3.8, 4) is 0 Å². The lowest BCUT2D eigenvalue weighted by atomic mass is 10.1. The zero-order valence-electron chi connectivity index (χ0n) is 12.1. The summed E-state index contributed by atoms with van der Waals surface area (Å²) >= 11 is 1.30. The first kappa shape index (κ1) is 16.0. The van der Waals surface area contributed by atoms with Crippen molar-refractivity contribution < 1.29 is 14.3 Å². The third kappa shape index (κ3) is 4.57. The van der Waals surface area contributed by atoms with E-state index in [1.165, 1.54) is 11.3 Å². The number of amides is 3. The molecule has 0 saturated carbocycles. The van der Waals surface area contributed by atoms with Gasteiger partial charge in [0.05, 0.1) is 11.5 Å². The minimum absolute atomic E-state index is 0.343. The van der Waals surface area contributed by atoms with Crippen molar-refractivity contribution in [2.45, 2.75) is 13.2 Å². The van der Waals surface area contributed by atoms with Crippen LogP contribution in [0, 0.1) is 0 Å². The maximum atomic E-state index is 11.7. The van der Waals surface area contributed by atoms with Gasteiger partial charge in [-0.1, -0.05) is 30.3 Å². The fourth-order valence-electron chi connectivity index (χ4n) is 1.83. The van der Waals surface area contributed by atoms with E-state index < -0.39 is 6.03 Å². The molecule has 1 aromatic carbocycles. The number of thiophene rings is 1. The number of urea groups is 1. The standard InChI is InChI=1S/C15H17N3O3S/c1-21-10-12-6-3-2-5-11(12)9-16-15(20)18-17-14(19)13-7-4-8-22-13/h2-8H,9-10H2,1H3,(H,17,19)(H2,16,18,20). The van der Waals surface area contributed by atoms with Crippen LogP contribution in [0.25, 0.3) is 0 Å². The molecule has 0 aliphatic carbocycles. The summed E-state index contributed by atoms with van der Waals surface area (Å²) in [6.07, 6.45) is 0. The average Bonchev–Trinajstić information content (AvgIpc) is 3.06. The predicted molar refractivity (Wildman–Crippen MR) is 84.3 cm³/mol.